The van der Waals surface area contributed by atoms with Gasteiger partial charge in [-0.15, -0.1) is 0 Å². The third-order valence-corrected chi connectivity index (χ3v) is 6.69. The summed E-state index contributed by atoms with van der Waals surface area (Å²) in [6.45, 7) is 2.34. The number of hydrogen-bond acceptors (Lipinski definition) is 4. The summed E-state index contributed by atoms with van der Waals surface area (Å²) in [6, 6.07) is 8.53. The first-order valence-electron chi connectivity index (χ1n) is 10.9. The zero-order valence-electron chi connectivity index (χ0n) is 17.9. The number of halogens is 2. The van der Waals surface area contributed by atoms with E-state index in [0.29, 0.717) is 12.2 Å². The maximum atomic E-state index is 13.5. The molecular formula is C24H25ClFN5O. The van der Waals surface area contributed by atoms with Crippen LogP contribution in [0.15, 0.2) is 42.6 Å². The van der Waals surface area contributed by atoms with Crippen LogP contribution in [-0.4, -0.2) is 58.4 Å². The van der Waals surface area contributed by atoms with Gasteiger partial charge in [0.05, 0.1) is 16.8 Å². The van der Waals surface area contributed by atoms with E-state index in [0.717, 1.165) is 54.8 Å². The van der Waals surface area contributed by atoms with Crippen LogP contribution in [0.2, 0.25) is 5.02 Å². The van der Waals surface area contributed by atoms with Gasteiger partial charge in [-0.25, -0.2) is 9.37 Å². The van der Waals surface area contributed by atoms with Crippen molar-refractivity contribution in [1.82, 2.24) is 19.8 Å². The molecule has 1 unspecified atom stereocenters. The van der Waals surface area contributed by atoms with Gasteiger partial charge < -0.3 is 15.2 Å². The van der Waals surface area contributed by atoms with Crippen molar-refractivity contribution in [3.63, 3.8) is 0 Å². The van der Waals surface area contributed by atoms with Gasteiger partial charge in [-0.3, -0.25) is 9.69 Å². The smallest absolute Gasteiger partial charge is 0.240 e. The SMILES string of the molecule is CN1CCCC1C(=O)N1CC=C(c2cc3c(Nc4ccc(F)c(Cl)c4)ccnc3[nH]2)CC1. The second-order valence-corrected chi connectivity index (χ2v) is 8.87. The predicted octanol–water partition coefficient (Wildman–Crippen LogP) is 4.81. The zero-order chi connectivity index (χ0) is 22.2. The highest BCUT2D eigenvalue weighted by Crippen LogP contribution is 2.31. The average molecular weight is 454 g/mol. The average Bonchev–Trinajstić information content (AvgIpc) is 3.43. The van der Waals surface area contributed by atoms with E-state index in [1.54, 1.807) is 18.3 Å². The highest BCUT2D eigenvalue weighted by atomic mass is 35.5. The molecule has 8 heteroatoms. The summed E-state index contributed by atoms with van der Waals surface area (Å²) in [4.78, 5) is 24.8. The number of carbonyl (C=O) groups is 1. The summed E-state index contributed by atoms with van der Waals surface area (Å²) < 4.78 is 13.5. The van der Waals surface area contributed by atoms with Crippen LogP contribution in [0.4, 0.5) is 15.8 Å². The lowest BCUT2D eigenvalue weighted by molar-refractivity contribution is -0.135. The molecule has 0 spiro atoms. The molecule has 0 radical (unpaired) electrons. The molecule has 6 nitrogen and oxygen atoms in total. The Bertz CT molecular complexity index is 1210. The molecule has 3 aromatic rings. The molecule has 1 aromatic carbocycles. The largest absolute Gasteiger partial charge is 0.355 e. The number of nitrogens with one attached hydrogen (secondary N) is 2. The van der Waals surface area contributed by atoms with Crippen LogP contribution in [0.25, 0.3) is 16.6 Å². The first-order chi connectivity index (χ1) is 15.5. The van der Waals surface area contributed by atoms with Gasteiger partial charge >= 0.3 is 0 Å². The number of pyridine rings is 1. The number of likely N-dealkylation sites (N-methyl/N-ethyl adjacent to an activating group) is 1. The lowest BCUT2D eigenvalue weighted by Crippen LogP contribution is -2.45. The monoisotopic (exact) mass is 453 g/mol. The van der Waals surface area contributed by atoms with Gasteiger partial charge in [0, 0.05) is 36.1 Å². The van der Waals surface area contributed by atoms with Gasteiger partial charge in [0.1, 0.15) is 11.5 Å². The van der Waals surface area contributed by atoms with E-state index in [2.05, 4.69) is 32.3 Å². The maximum absolute atomic E-state index is 13.5. The number of rotatable bonds is 4. The third kappa shape index (κ3) is 3.98. The van der Waals surface area contributed by atoms with Crippen LogP contribution in [0.3, 0.4) is 0 Å². The zero-order valence-corrected chi connectivity index (χ0v) is 18.6. The van der Waals surface area contributed by atoms with Crippen LogP contribution in [0.5, 0.6) is 0 Å². The molecule has 5 rings (SSSR count). The van der Waals surface area contributed by atoms with Gasteiger partial charge in [-0.1, -0.05) is 17.7 Å². The number of aromatic nitrogens is 2. The molecule has 0 saturated carbocycles. The molecule has 1 fully saturated rings. The molecule has 1 amide bonds. The number of fused-ring (bicyclic) bond motifs is 1. The second-order valence-electron chi connectivity index (χ2n) is 8.46. The Balaban J connectivity index is 1.35. The Morgan fingerprint density at radius 2 is 2.16 bits per heavy atom. The summed E-state index contributed by atoms with van der Waals surface area (Å²) in [7, 11) is 2.03. The molecule has 2 aliphatic rings. The number of amides is 1. The quantitative estimate of drug-likeness (QED) is 0.595. The van der Waals surface area contributed by atoms with Crippen LogP contribution >= 0.6 is 11.6 Å². The molecule has 2 aliphatic heterocycles. The lowest BCUT2D eigenvalue weighted by Gasteiger charge is -2.30. The molecule has 1 atom stereocenters. The fourth-order valence-electron chi connectivity index (χ4n) is 4.59. The van der Waals surface area contributed by atoms with E-state index < -0.39 is 5.82 Å². The van der Waals surface area contributed by atoms with Crippen molar-refractivity contribution >= 4 is 45.5 Å². The fourth-order valence-corrected chi connectivity index (χ4v) is 4.77. The van der Waals surface area contributed by atoms with Gasteiger partial charge in [0.2, 0.25) is 5.91 Å². The highest BCUT2D eigenvalue weighted by molar-refractivity contribution is 6.31. The molecule has 4 heterocycles. The van der Waals surface area contributed by atoms with Crippen molar-refractivity contribution in [2.75, 3.05) is 32.0 Å². The molecule has 2 aromatic heterocycles. The van der Waals surface area contributed by atoms with Crippen molar-refractivity contribution in [3.8, 4) is 0 Å². The normalized spacial score (nSPS) is 19.4. The van der Waals surface area contributed by atoms with E-state index in [1.807, 2.05) is 18.0 Å². The molecule has 166 valence electrons. The van der Waals surface area contributed by atoms with Crippen molar-refractivity contribution in [3.05, 3.63) is 59.1 Å². The molecule has 32 heavy (non-hydrogen) atoms. The van der Waals surface area contributed by atoms with Crippen molar-refractivity contribution in [1.29, 1.82) is 0 Å². The van der Waals surface area contributed by atoms with Gasteiger partial charge in [0.15, 0.2) is 0 Å². The van der Waals surface area contributed by atoms with Gasteiger partial charge in [-0.05, 0) is 68.8 Å². The standard InChI is InChI=1S/C24H25ClFN5O/c1-30-10-2-3-22(30)24(32)31-11-7-15(8-12-31)21-14-17-20(6-9-27-23(17)29-21)28-16-4-5-19(26)18(25)13-16/h4-7,9,13-14,22H,2-3,8,10-12H2,1H3,(H2,27,28,29). The highest BCUT2D eigenvalue weighted by Gasteiger charge is 2.32. The summed E-state index contributed by atoms with van der Waals surface area (Å²) >= 11 is 5.92. The Hall–Kier alpha value is -2.90. The number of benzene rings is 1. The van der Waals surface area contributed by atoms with Crippen LogP contribution in [-0.2, 0) is 4.79 Å². The summed E-state index contributed by atoms with van der Waals surface area (Å²) in [5.41, 5.74) is 4.52. The number of hydrogen-bond donors (Lipinski definition) is 2. The van der Waals surface area contributed by atoms with E-state index >= 15 is 0 Å². The maximum Gasteiger partial charge on any atom is 0.240 e. The minimum Gasteiger partial charge on any atom is -0.355 e. The Morgan fingerprint density at radius 3 is 2.88 bits per heavy atom. The van der Waals surface area contributed by atoms with E-state index in [4.69, 9.17) is 11.6 Å². The lowest BCUT2D eigenvalue weighted by atomic mass is 10.0. The number of anilines is 2. The Labute approximate surface area is 191 Å². The first-order valence-corrected chi connectivity index (χ1v) is 11.3. The van der Waals surface area contributed by atoms with Crippen molar-refractivity contribution < 1.29 is 9.18 Å². The predicted molar refractivity (Wildman–Crippen MR) is 126 cm³/mol. The Morgan fingerprint density at radius 1 is 1.28 bits per heavy atom. The Kier molecular flexibility index (Phi) is 5.61. The minimum atomic E-state index is -0.447. The summed E-state index contributed by atoms with van der Waals surface area (Å²) in [5.74, 6) is -0.208. The second kappa shape index (κ2) is 8.56. The first kappa shape index (κ1) is 21.0. The summed E-state index contributed by atoms with van der Waals surface area (Å²) in [5, 5.41) is 4.31. The van der Waals surface area contributed by atoms with Crippen LogP contribution in [0, 0.1) is 5.82 Å². The number of likely N-dealkylation sites (tertiary alicyclic amines) is 1. The molecule has 0 aliphatic carbocycles. The topological polar surface area (TPSA) is 64.3 Å². The molecule has 0 bridgehead atoms. The minimum absolute atomic E-state index is 0.0239. The van der Waals surface area contributed by atoms with Crippen LogP contribution < -0.4 is 5.32 Å². The molecule has 2 N–H and O–H groups in total. The van der Waals surface area contributed by atoms with Crippen molar-refractivity contribution in [2.45, 2.75) is 25.3 Å². The third-order valence-electron chi connectivity index (χ3n) is 6.40. The van der Waals surface area contributed by atoms with Crippen molar-refractivity contribution in [2.24, 2.45) is 0 Å². The van der Waals surface area contributed by atoms with E-state index in [-0.39, 0.29) is 17.0 Å². The van der Waals surface area contributed by atoms with Gasteiger partial charge in [-0.2, -0.15) is 0 Å². The fraction of sp³-hybridized carbons (Fsp3) is 0.333. The number of nitrogens with zero attached hydrogens (tertiary/aromatic N) is 3. The number of aromatic amines is 1. The van der Waals surface area contributed by atoms with E-state index in [1.165, 1.54) is 11.6 Å². The molecule has 1 saturated heterocycles. The van der Waals surface area contributed by atoms with Crippen LogP contribution in [0.1, 0.15) is 25.0 Å². The summed E-state index contributed by atoms with van der Waals surface area (Å²) in [6.07, 6.45) is 6.69. The molecular weight excluding hydrogens is 429 g/mol. The number of H-pyrrole nitrogens is 1. The van der Waals surface area contributed by atoms with E-state index in [9.17, 15) is 9.18 Å². The number of carbonyl (C=O) groups excluding carboxylic acids is 1. The van der Waals surface area contributed by atoms with Gasteiger partial charge in [0.25, 0.3) is 0 Å².